The van der Waals surface area contributed by atoms with Crippen molar-refractivity contribution in [2.75, 3.05) is 0 Å². The van der Waals surface area contributed by atoms with Crippen LogP contribution in [0.1, 0.15) is 0 Å². The fourth-order valence-corrected chi connectivity index (χ4v) is 5.73. The Balaban J connectivity index is 1.92. The average Bonchev–Trinajstić information content (AvgIpc) is 3.32. The highest BCUT2D eigenvalue weighted by Gasteiger charge is 2.17. The molecule has 0 N–H and O–H groups in total. The lowest BCUT2D eigenvalue weighted by Gasteiger charge is -2.10. The summed E-state index contributed by atoms with van der Waals surface area (Å²) in [6.07, 6.45) is 0. The zero-order valence-corrected chi connectivity index (χ0v) is 15.7. The summed E-state index contributed by atoms with van der Waals surface area (Å²) in [4.78, 5) is 4.99. The van der Waals surface area contributed by atoms with Crippen LogP contribution >= 0.6 is 11.3 Å². The molecule has 0 saturated heterocycles. The molecule has 0 saturated carbocycles. The lowest BCUT2D eigenvalue weighted by atomic mass is 10.0. The Morgan fingerprint density at radius 1 is 0.571 bits per heavy atom. The van der Waals surface area contributed by atoms with Crippen LogP contribution in [0.25, 0.3) is 58.5 Å². The van der Waals surface area contributed by atoms with E-state index in [1.165, 1.54) is 41.8 Å². The van der Waals surface area contributed by atoms with Gasteiger partial charge in [0.25, 0.3) is 0 Å². The van der Waals surface area contributed by atoms with Crippen molar-refractivity contribution in [1.82, 2.24) is 9.38 Å². The van der Waals surface area contributed by atoms with Crippen LogP contribution in [0, 0.1) is 0 Å². The zero-order chi connectivity index (χ0) is 18.2. The van der Waals surface area contributed by atoms with Crippen LogP contribution in [0.3, 0.4) is 0 Å². The van der Waals surface area contributed by atoms with Crippen LogP contribution in [0.4, 0.5) is 0 Å². The molecule has 0 aliphatic carbocycles. The van der Waals surface area contributed by atoms with E-state index in [-0.39, 0.29) is 0 Å². The molecule has 3 heteroatoms. The Bertz CT molecular complexity index is 1710. The van der Waals surface area contributed by atoms with E-state index >= 15 is 0 Å². The lowest BCUT2D eigenvalue weighted by Crippen LogP contribution is -1.91. The molecular weight excluding hydrogens is 360 g/mol. The Hall–Kier alpha value is -3.43. The molecule has 4 aromatic carbocycles. The van der Waals surface area contributed by atoms with Gasteiger partial charge in [0.15, 0.2) is 0 Å². The van der Waals surface area contributed by atoms with Crippen molar-refractivity contribution in [1.29, 1.82) is 0 Å². The largest absolute Gasteiger partial charge is 0.292 e. The van der Waals surface area contributed by atoms with Crippen LogP contribution in [0.2, 0.25) is 0 Å². The first-order valence-electron chi connectivity index (χ1n) is 9.42. The molecule has 0 radical (unpaired) electrons. The molecule has 0 fully saturated rings. The number of pyridine rings is 1. The average molecular weight is 374 g/mol. The van der Waals surface area contributed by atoms with Crippen LogP contribution in [0.15, 0.2) is 84.9 Å². The number of hydrogen-bond donors (Lipinski definition) is 0. The molecule has 130 valence electrons. The van der Waals surface area contributed by atoms with E-state index in [0.717, 1.165) is 16.7 Å². The van der Waals surface area contributed by atoms with Crippen LogP contribution < -0.4 is 0 Å². The molecule has 3 heterocycles. The van der Waals surface area contributed by atoms with Crippen LogP contribution in [0.5, 0.6) is 0 Å². The number of benzene rings is 4. The predicted octanol–water partition coefficient (Wildman–Crippen LogP) is 7.16. The zero-order valence-electron chi connectivity index (χ0n) is 14.9. The third kappa shape index (κ3) is 1.70. The summed E-state index contributed by atoms with van der Waals surface area (Å²) in [5.41, 5.74) is 4.45. The molecule has 7 aromatic rings. The van der Waals surface area contributed by atoms with Crippen molar-refractivity contribution in [3.8, 4) is 0 Å². The highest BCUT2D eigenvalue weighted by Crippen LogP contribution is 2.42. The van der Waals surface area contributed by atoms with Gasteiger partial charge in [-0.25, -0.2) is 4.98 Å². The maximum Gasteiger partial charge on any atom is 0.146 e. The third-order valence-corrected chi connectivity index (χ3v) is 6.90. The van der Waals surface area contributed by atoms with Crippen LogP contribution in [-0.4, -0.2) is 9.38 Å². The van der Waals surface area contributed by atoms with Gasteiger partial charge in [-0.05, 0) is 35.7 Å². The maximum absolute atomic E-state index is 4.99. The van der Waals surface area contributed by atoms with Crippen molar-refractivity contribution in [2.24, 2.45) is 0 Å². The first kappa shape index (κ1) is 14.6. The number of hydrogen-bond acceptors (Lipinski definition) is 2. The van der Waals surface area contributed by atoms with Crippen molar-refractivity contribution < 1.29 is 0 Å². The van der Waals surface area contributed by atoms with Gasteiger partial charge in [-0.2, -0.15) is 0 Å². The second-order valence-electron chi connectivity index (χ2n) is 7.24. The van der Waals surface area contributed by atoms with Gasteiger partial charge in [0, 0.05) is 30.9 Å². The summed E-state index contributed by atoms with van der Waals surface area (Å²) < 4.78 is 5.01. The van der Waals surface area contributed by atoms with Gasteiger partial charge in [0.2, 0.25) is 0 Å². The van der Waals surface area contributed by atoms with Crippen molar-refractivity contribution >= 4 is 69.9 Å². The molecule has 0 amide bonds. The number of nitrogens with zero attached hydrogens (tertiary/aromatic N) is 2. The highest BCUT2D eigenvalue weighted by molar-refractivity contribution is 7.26. The molecule has 28 heavy (non-hydrogen) atoms. The van der Waals surface area contributed by atoms with Crippen molar-refractivity contribution in [3.05, 3.63) is 84.9 Å². The molecule has 0 atom stereocenters. The first-order chi connectivity index (χ1) is 13.9. The normalized spacial score (nSPS) is 12.3. The molecular formula is C25H14N2S. The molecule has 0 unspecified atom stereocenters. The predicted molar refractivity (Wildman–Crippen MR) is 121 cm³/mol. The lowest BCUT2D eigenvalue weighted by molar-refractivity contribution is 1.32. The van der Waals surface area contributed by atoms with E-state index in [4.69, 9.17) is 4.98 Å². The Morgan fingerprint density at radius 3 is 2.25 bits per heavy atom. The van der Waals surface area contributed by atoms with E-state index in [1.54, 1.807) is 0 Å². The minimum atomic E-state index is 1.03. The van der Waals surface area contributed by atoms with Gasteiger partial charge in [-0.1, -0.05) is 54.6 Å². The molecule has 0 bridgehead atoms. The molecule has 0 aliphatic heterocycles. The number of fused-ring (bicyclic) bond motifs is 12. The molecule has 7 rings (SSSR count). The number of aromatic nitrogens is 2. The highest BCUT2D eigenvalue weighted by atomic mass is 32.1. The topological polar surface area (TPSA) is 17.3 Å². The first-order valence-corrected chi connectivity index (χ1v) is 10.2. The Morgan fingerprint density at radius 2 is 1.32 bits per heavy atom. The van der Waals surface area contributed by atoms with E-state index in [0.29, 0.717) is 0 Å². The molecule has 0 aliphatic rings. The van der Waals surface area contributed by atoms with Gasteiger partial charge in [-0.15, -0.1) is 11.3 Å². The van der Waals surface area contributed by atoms with E-state index in [9.17, 15) is 0 Å². The fourth-order valence-electron chi connectivity index (χ4n) is 4.61. The standard InChI is InChI=1S/C25H14N2S/c1-2-8-16-15(7-1)23-20(27-19-11-5-4-10-18(19)26-25(16)27)13-14-22-24(23)17-9-3-6-12-21(17)28-22/h1-14H. The number of thiophene rings is 1. The van der Waals surface area contributed by atoms with Crippen LogP contribution in [-0.2, 0) is 0 Å². The second kappa shape index (κ2) is 5.09. The summed E-state index contributed by atoms with van der Waals surface area (Å²) in [5.74, 6) is 0. The minimum absolute atomic E-state index is 1.03. The van der Waals surface area contributed by atoms with Gasteiger partial charge in [0.05, 0.1) is 16.6 Å². The number of imidazole rings is 1. The van der Waals surface area contributed by atoms with Gasteiger partial charge >= 0.3 is 0 Å². The number of rotatable bonds is 0. The fraction of sp³-hybridized carbons (Fsp3) is 0. The summed E-state index contributed by atoms with van der Waals surface area (Å²) in [6.45, 7) is 0. The monoisotopic (exact) mass is 374 g/mol. The van der Waals surface area contributed by atoms with Crippen molar-refractivity contribution in [2.45, 2.75) is 0 Å². The molecule has 2 nitrogen and oxygen atoms in total. The number of para-hydroxylation sites is 2. The Labute approximate surface area is 164 Å². The summed E-state index contributed by atoms with van der Waals surface area (Å²) in [6, 6.07) is 30.4. The smallest absolute Gasteiger partial charge is 0.146 e. The van der Waals surface area contributed by atoms with E-state index in [1.807, 2.05) is 11.3 Å². The molecule has 3 aromatic heterocycles. The third-order valence-electron chi connectivity index (χ3n) is 5.76. The van der Waals surface area contributed by atoms with E-state index in [2.05, 4.69) is 89.3 Å². The van der Waals surface area contributed by atoms with Crippen molar-refractivity contribution in [3.63, 3.8) is 0 Å². The second-order valence-corrected chi connectivity index (χ2v) is 8.32. The summed E-state index contributed by atoms with van der Waals surface area (Å²) in [5, 5.41) is 6.49. The van der Waals surface area contributed by atoms with E-state index < -0.39 is 0 Å². The van der Waals surface area contributed by atoms with Gasteiger partial charge < -0.3 is 0 Å². The van der Waals surface area contributed by atoms with Gasteiger partial charge in [-0.3, -0.25) is 4.40 Å². The minimum Gasteiger partial charge on any atom is -0.292 e. The summed E-state index contributed by atoms with van der Waals surface area (Å²) >= 11 is 1.87. The quantitative estimate of drug-likeness (QED) is 0.257. The Kier molecular flexibility index (Phi) is 2.65. The maximum atomic E-state index is 4.99. The molecule has 0 spiro atoms. The summed E-state index contributed by atoms with van der Waals surface area (Å²) in [7, 11) is 0. The SMILES string of the molecule is c1ccc2c(c1)nc1c3ccccc3c3c4c(ccc3n21)sc1ccccc14. The van der Waals surface area contributed by atoms with Gasteiger partial charge in [0.1, 0.15) is 5.65 Å².